The van der Waals surface area contributed by atoms with E-state index in [-0.39, 0.29) is 11.8 Å². The second-order valence-electron chi connectivity index (χ2n) is 6.83. The number of anilines is 1. The van der Waals surface area contributed by atoms with Gasteiger partial charge in [0.2, 0.25) is 0 Å². The number of hydrogen-bond acceptors (Lipinski definition) is 4. The molecule has 146 valence electrons. The Balaban J connectivity index is 1.56. The van der Waals surface area contributed by atoms with Gasteiger partial charge in [0.15, 0.2) is 0 Å². The van der Waals surface area contributed by atoms with Gasteiger partial charge in [-0.05, 0) is 48.9 Å². The lowest BCUT2D eigenvalue weighted by molar-refractivity contribution is -0.114. The van der Waals surface area contributed by atoms with Crippen LogP contribution in [0.25, 0.3) is 6.08 Å². The number of benzene rings is 2. The lowest BCUT2D eigenvalue weighted by atomic mass is 10.1. The fourth-order valence-electron chi connectivity index (χ4n) is 3.13. The number of nitrogens with zero attached hydrogens (tertiary/aromatic N) is 1. The number of aryl methyl sites for hydroxylation is 1. The van der Waals surface area contributed by atoms with Gasteiger partial charge < -0.3 is 14.6 Å². The summed E-state index contributed by atoms with van der Waals surface area (Å²) in [6, 6.07) is 17.0. The predicted octanol–water partition coefficient (Wildman–Crippen LogP) is 4.63. The van der Waals surface area contributed by atoms with Crippen molar-refractivity contribution in [1.29, 1.82) is 0 Å². The van der Waals surface area contributed by atoms with E-state index in [1.807, 2.05) is 43.3 Å². The number of carbonyl (C=O) groups excluding carboxylic acids is 2. The third kappa shape index (κ3) is 4.12. The maximum Gasteiger partial charge on any atom is 0.264 e. The Morgan fingerprint density at radius 2 is 2.03 bits per heavy atom. The predicted molar refractivity (Wildman–Crippen MR) is 115 cm³/mol. The molecule has 0 unspecified atom stereocenters. The second-order valence-corrected chi connectivity index (χ2v) is 7.92. The van der Waals surface area contributed by atoms with Crippen molar-refractivity contribution in [3.8, 4) is 0 Å². The first-order valence-electron chi connectivity index (χ1n) is 9.20. The maximum atomic E-state index is 12.9. The van der Waals surface area contributed by atoms with E-state index < -0.39 is 0 Å². The zero-order valence-electron chi connectivity index (χ0n) is 16.1. The van der Waals surface area contributed by atoms with E-state index >= 15 is 0 Å². The highest BCUT2D eigenvalue weighted by Gasteiger charge is 2.27. The monoisotopic (exact) mass is 404 g/mol. The van der Waals surface area contributed by atoms with Crippen LogP contribution in [-0.2, 0) is 11.3 Å². The van der Waals surface area contributed by atoms with Gasteiger partial charge in [0.1, 0.15) is 5.76 Å². The van der Waals surface area contributed by atoms with Gasteiger partial charge in [0, 0.05) is 17.5 Å². The minimum Gasteiger partial charge on any atom is -0.467 e. The second kappa shape index (κ2) is 8.01. The number of nitrogens with one attached hydrogen (secondary N) is 1. The average molecular weight is 404 g/mol. The largest absolute Gasteiger partial charge is 0.467 e. The van der Waals surface area contributed by atoms with Crippen molar-refractivity contribution in [3.63, 3.8) is 0 Å². The molecule has 0 aliphatic carbocycles. The van der Waals surface area contributed by atoms with E-state index in [2.05, 4.69) is 5.32 Å². The summed E-state index contributed by atoms with van der Waals surface area (Å²) in [5.41, 5.74) is 3.37. The third-order valence-corrected chi connectivity index (χ3v) is 5.74. The van der Waals surface area contributed by atoms with E-state index in [1.54, 1.807) is 42.5 Å². The Bertz CT molecular complexity index is 1100. The smallest absolute Gasteiger partial charge is 0.264 e. The summed E-state index contributed by atoms with van der Waals surface area (Å²) >= 11 is 1.42. The summed E-state index contributed by atoms with van der Waals surface area (Å²) in [4.78, 5) is 28.5. The van der Waals surface area contributed by atoms with Crippen LogP contribution in [0.4, 0.5) is 5.69 Å². The highest BCUT2D eigenvalue weighted by molar-refractivity contribution is 8.04. The molecule has 0 fully saturated rings. The molecule has 2 amide bonds. The molecule has 0 saturated heterocycles. The fourth-order valence-corrected chi connectivity index (χ4v) is 4.22. The van der Waals surface area contributed by atoms with Crippen molar-refractivity contribution in [2.45, 2.75) is 18.4 Å². The van der Waals surface area contributed by atoms with Gasteiger partial charge >= 0.3 is 0 Å². The van der Waals surface area contributed by atoms with Gasteiger partial charge in [-0.3, -0.25) is 9.59 Å². The maximum absolute atomic E-state index is 12.9. The minimum atomic E-state index is -0.212. The van der Waals surface area contributed by atoms with Crippen molar-refractivity contribution in [3.05, 3.63) is 88.2 Å². The van der Waals surface area contributed by atoms with Crippen molar-refractivity contribution in [2.24, 2.45) is 0 Å². The van der Waals surface area contributed by atoms with Crippen LogP contribution in [0, 0.1) is 6.92 Å². The Labute approximate surface area is 173 Å². The summed E-state index contributed by atoms with van der Waals surface area (Å²) in [5.74, 6) is 0.387. The number of likely N-dealkylation sites (N-methyl/N-ethyl adjacent to an activating group) is 1. The number of furan rings is 1. The van der Waals surface area contributed by atoms with E-state index in [0.29, 0.717) is 22.8 Å². The normalized spacial score (nSPS) is 14.8. The summed E-state index contributed by atoms with van der Waals surface area (Å²) < 4.78 is 5.23. The Morgan fingerprint density at radius 3 is 2.79 bits per heavy atom. The minimum absolute atomic E-state index is 0.0860. The number of amides is 2. The van der Waals surface area contributed by atoms with Crippen LogP contribution in [-0.4, -0.2) is 18.9 Å². The van der Waals surface area contributed by atoms with E-state index in [4.69, 9.17) is 4.42 Å². The van der Waals surface area contributed by atoms with Gasteiger partial charge in [-0.2, -0.15) is 0 Å². The van der Waals surface area contributed by atoms with E-state index in [9.17, 15) is 9.59 Å². The van der Waals surface area contributed by atoms with Crippen LogP contribution >= 0.6 is 11.8 Å². The summed E-state index contributed by atoms with van der Waals surface area (Å²) in [6.07, 6.45) is 3.48. The molecule has 6 heteroatoms. The average Bonchev–Trinajstić information content (AvgIpc) is 3.23. The van der Waals surface area contributed by atoms with E-state index in [0.717, 1.165) is 21.7 Å². The molecule has 1 aromatic heterocycles. The van der Waals surface area contributed by atoms with Gasteiger partial charge in [-0.15, -0.1) is 0 Å². The first-order valence-corrected chi connectivity index (χ1v) is 10.0. The van der Waals surface area contributed by atoms with Crippen molar-refractivity contribution < 1.29 is 14.0 Å². The molecule has 0 spiro atoms. The quantitative estimate of drug-likeness (QED) is 0.644. The summed E-state index contributed by atoms with van der Waals surface area (Å²) in [6.45, 7) is 2.34. The van der Waals surface area contributed by atoms with Gasteiger partial charge in [0.25, 0.3) is 11.8 Å². The molecule has 0 radical (unpaired) electrons. The van der Waals surface area contributed by atoms with Crippen LogP contribution in [0.1, 0.15) is 27.2 Å². The van der Waals surface area contributed by atoms with Gasteiger partial charge in [0.05, 0.1) is 23.4 Å². The Kier molecular flexibility index (Phi) is 5.27. The number of hydrogen-bond donors (Lipinski definition) is 1. The summed E-state index contributed by atoms with van der Waals surface area (Å²) in [7, 11) is 1.73. The molecule has 1 N–H and O–H groups in total. The van der Waals surface area contributed by atoms with Crippen molar-refractivity contribution >= 4 is 35.3 Å². The van der Waals surface area contributed by atoms with Crippen LogP contribution in [0.5, 0.6) is 0 Å². The van der Waals surface area contributed by atoms with Crippen LogP contribution in [0.15, 0.2) is 75.1 Å². The Hall–Kier alpha value is -3.25. The molecule has 0 saturated carbocycles. The van der Waals surface area contributed by atoms with Crippen molar-refractivity contribution in [1.82, 2.24) is 5.32 Å². The van der Waals surface area contributed by atoms with Crippen LogP contribution in [0.3, 0.4) is 0 Å². The third-order valence-electron chi connectivity index (χ3n) is 4.66. The highest BCUT2D eigenvalue weighted by Crippen LogP contribution is 2.42. The molecule has 1 aliphatic rings. The van der Waals surface area contributed by atoms with E-state index in [1.165, 1.54) is 11.8 Å². The van der Waals surface area contributed by atoms with Crippen LogP contribution < -0.4 is 10.2 Å². The van der Waals surface area contributed by atoms with Gasteiger partial charge in [-0.25, -0.2) is 0 Å². The molecular weight excluding hydrogens is 384 g/mol. The molecule has 29 heavy (non-hydrogen) atoms. The molecule has 2 heterocycles. The SMILES string of the molecule is Cc1cccc(C=C2Sc3ccc(C(=O)NCc4ccco4)cc3N(C)C2=O)c1. The lowest BCUT2D eigenvalue weighted by Crippen LogP contribution is -2.31. The molecule has 0 atom stereocenters. The molecule has 2 aromatic carbocycles. The molecule has 1 aliphatic heterocycles. The van der Waals surface area contributed by atoms with Crippen LogP contribution in [0.2, 0.25) is 0 Å². The molecule has 0 bridgehead atoms. The summed E-state index contributed by atoms with van der Waals surface area (Å²) in [5, 5.41) is 2.83. The topological polar surface area (TPSA) is 62.6 Å². The lowest BCUT2D eigenvalue weighted by Gasteiger charge is -2.27. The number of fused-ring (bicyclic) bond motifs is 1. The molecule has 5 nitrogen and oxygen atoms in total. The zero-order chi connectivity index (χ0) is 20.4. The number of thioether (sulfide) groups is 1. The molecule has 3 aromatic rings. The van der Waals surface area contributed by atoms with Crippen molar-refractivity contribution in [2.75, 3.05) is 11.9 Å². The Morgan fingerprint density at radius 1 is 1.17 bits per heavy atom. The first-order chi connectivity index (χ1) is 14.0. The fraction of sp³-hybridized carbons (Fsp3) is 0.130. The molecular formula is C23H20N2O3S. The standard InChI is InChI=1S/C23H20N2O3S/c1-15-5-3-6-16(11-15)12-21-23(27)25(2)19-13-17(8-9-20(19)29-21)22(26)24-14-18-7-4-10-28-18/h3-13H,14H2,1-2H3,(H,24,26). The number of carbonyl (C=O) groups is 2. The number of rotatable bonds is 4. The first kappa shape index (κ1) is 19.1. The molecule has 4 rings (SSSR count). The zero-order valence-corrected chi connectivity index (χ0v) is 17.0. The van der Waals surface area contributed by atoms with Gasteiger partial charge in [-0.1, -0.05) is 41.6 Å². The highest BCUT2D eigenvalue weighted by atomic mass is 32.2.